The fourth-order valence-corrected chi connectivity index (χ4v) is 3.58. The van der Waals surface area contributed by atoms with Crippen LogP contribution in [-0.2, 0) is 22.6 Å². The van der Waals surface area contributed by atoms with E-state index in [9.17, 15) is 14.7 Å². The van der Waals surface area contributed by atoms with Crippen molar-refractivity contribution in [1.82, 2.24) is 20.3 Å². The zero-order valence-electron chi connectivity index (χ0n) is 14.1. The Morgan fingerprint density at radius 2 is 1.92 bits per heavy atom. The second kappa shape index (κ2) is 6.59. The normalized spacial score (nSPS) is 14.8. The Morgan fingerprint density at radius 3 is 2.73 bits per heavy atom. The minimum absolute atomic E-state index is 0.0143. The van der Waals surface area contributed by atoms with Gasteiger partial charge >= 0.3 is 5.97 Å². The zero-order chi connectivity index (χ0) is 18.1. The summed E-state index contributed by atoms with van der Waals surface area (Å²) in [6, 6.07) is 11.7. The molecule has 3 aromatic rings. The average Bonchev–Trinajstić information content (AvgIpc) is 3.12. The van der Waals surface area contributed by atoms with Crippen LogP contribution in [-0.4, -0.2) is 44.3 Å². The van der Waals surface area contributed by atoms with Gasteiger partial charge in [-0.2, -0.15) is 15.4 Å². The van der Waals surface area contributed by atoms with E-state index >= 15 is 0 Å². The number of aromatic nitrogens is 3. The molecule has 1 atom stereocenters. The first kappa shape index (κ1) is 16.3. The molecule has 1 aliphatic heterocycles. The number of carboxylic acid groups (broad SMARTS) is 1. The Labute approximate surface area is 149 Å². The highest BCUT2D eigenvalue weighted by atomic mass is 16.4. The second-order valence-electron chi connectivity index (χ2n) is 6.58. The lowest BCUT2D eigenvalue weighted by molar-refractivity contribution is -0.137. The molecule has 4 rings (SSSR count). The second-order valence-corrected chi connectivity index (χ2v) is 6.58. The predicted octanol–water partition coefficient (Wildman–Crippen LogP) is 2.08. The van der Waals surface area contributed by atoms with Crippen molar-refractivity contribution in [2.24, 2.45) is 0 Å². The smallest absolute Gasteiger partial charge is 0.304 e. The van der Waals surface area contributed by atoms with Gasteiger partial charge in [0.25, 0.3) is 0 Å². The first-order valence-corrected chi connectivity index (χ1v) is 8.47. The molecule has 1 aromatic heterocycles. The van der Waals surface area contributed by atoms with E-state index in [4.69, 9.17) is 0 Å². The molecule has 0 bridgehead atoms. The lowest BCUT2D eigenvalue weighted by atomic mass is 9.85. The van der Waals surface area contributed by atoms with E-state index in [-0.39, 0.29) is 12.3 Å². The highest BCUT2D eigenvalue weighted by Crippen LogP contribution is 2.32. The third-order valence-corrected chi connectivity index (χ3v) is 4.95. The SMILES string of the molecule is O=CN1CCc2ccc(C(CC(=O)O)c3ccc4n[nH]nc4c3)cc2C1. The van der Waals surface area contributed by atoms with Gasteiger partial charge in [-0.1, -0.05) is 24.3 Å². The van der Waals surface area contributed by atoms with Crippen LogP contribution in [0.25, 0.3) is 11.0 Å². The van der Waals surface area contributed by atoms with Crippen LogP contribution in [0.3, 0.4) is 0 Å². The third-order valence-electron chi connectivity index (χ3n) is 4.95. The number of fused-ring (bicyclic) bond motifs is 2. The lowest BCUT2D eigenvalue weighted by Gasteiger charge is -2.27. The number of aromatic amines is 1. The maximum Gasteiger partial charge on any atom is 0.304 e. The Balaban J connectivity index is 1.74. The Bertz CT molecular complexity index is 982. The van der Waals surface area contributed by atoms with Crippen LogP contribution in [0.1, 0.15) is 34.6 Å². The van der Waals surface area contributed by atoms with E-state index in [1.807, 2.05) is 30.3 Å². The maximum absolute atomic E-state index is 11.5. The van der Waals surface area contributed by atoms with Gasteiger partial charge in [0, 0.05) is 19.0 Å². The number of nitrogens with zero attached hydrogens (tertiary/aromatic N) is 3. The van der Waals surface area contributed by atoms with Crippen LogP contribution in [0.4, 0.5) is 0 Å². The maximum atomic E-state index is 11.5. The molecule has 7 nitrogen and oxygen atoms in total. The van der Waals surface area contributed by atoms with Crippen molar-refractivity contribution in [2.75, 3.05) is 6.54 Å². The minimum atomic E-state index is -0.859. The fourth-order valence-electron chi connectivity index (χ4n) is 3.58. The molecule has 2 heterocycles. The summed E-state index contributed by atoms with van der Waals surface area (Å²) in [7, 11) is 0. The molecule has 1 amide bonds. The lowest BCUT2D eigenvalue weighted by Crippen LogP contribution is -2.29. The largest absolute Gasteiger partial charge is 0.481 e. The molecule has 0 spiro atoms. The van der Waals surface area contributed by atoms with Crippen LogP contribution in [0.15, 0.2) is 36.4 Å². The molecule has 1 aliphatic rings. The Hall–Kier alpha value is -3.22. The van der Waals surface area contributed by atoms with Gasteiger partial charge in [0.15, 0.2) is 0 Å². The molecule has 2 aromatic carbocycles. The summed E-state index contributed by atoms with van der Waals surface area (Å²) in [4.78, 5) is 24.3. The van der Waals surface area contributed by atoms with Crippen LogP contribution >= 0.6 is 0 Å². The fraction of sp³-hybridized carbons (Fsp3) is 0.263. The van der Waals surface area contributed by atoms with Gasteiger partial charge in [0.1, 0.15) is 11.0 Å². The molecular weight excluding hydrogens is 332 g/mol. The molecule has 0 radical (unpaired) electrons. The number of aliphatic carboxylic acids is 1. The minimum Gasteiger partial charge on any atom is -0.481 e. The van der Waals surface area contributed by atoms with E-state index in [0.29, 0.717) is 12.1 Å². The summed E-state index contributed by atoms with van der Waals surface area (Å²) >= 11 is 0. The van der Waals surface area contributed by atoms with Crippen LogP contribution in [0.2, 0.25) is 0 Å². The topological polar surface area (TPSA) is 99.2 Å². The van der Waals surface area contributed by atoms with Gasteiger partial charge < -0.3 is 10.0 Å². The van der Waals surface area contributed by atoms with Gasteiger partial charge in [0.05, 0.1) is 6.42 Å². The molecule has 2 N–H and O–H groups in total. The highest BCUT2D eigenvalue weighted by molar-refractivity contribution is 5.75. The van der Waals surface area contributed by atoms with Crippen molar-refractivity contribution in [3.63, 3.8) is 0 Å². The summed E-state index contributed by atoms with van der Waals surface area (Å²) in [6.07, 6.45) is 1.67. The van der Waals surface area contributed by atoms with Crippen molar-refractivity contribution in [2.45, 2.75) is 25.3 Å². The number of carbonyl (C=O) groups is 2. The number of H-pyrrole nitrogens is 1. The van der Waals surface area contributed by atoms with Crippen molar-refractivity contribution < 1.29 is 14.7 Å². The Morgan fingerprint density at radius 1 is 1.15 bits per heavy atom. The summed E-state index contributed by atoms with van der Waals surface area (Å²) in [6.45, 7) is 1.28. The van der Waals surface area contributed by atoms with Gasteiger partial charge in [-0.05, 0) is 40.8 Å². The van der Waals surface area contributed by atoms with Gasteiger partial charge in [-0.15, -0.1) is 0 Å². The quantitative estimate of drug-likeness (QED) is 0.686. The molecule has 1 unspecified atom stereocenters. The Kier molecular flexibility index (Phi) is 4.12. The number of nitrogens with one attached hydrogen (secondary N) is 1. The monoisotopic (exact) mass is 350 g/mol. The van der Waals surface area contributed by atoms with Crippen molar-refractivity contribution >= 4 is 23.4 Å². The van der Waals surface area contributed by atoms with Crippen molar-refractivity contribution in [3.05, 3.63) is 58.7 Å². The predicted molar refractivity (Wildman–Crippen MR) is 94.6 cm³/mol. The number of hydrogen-bond donors (Lipinski definition) is 2. The van der Waals surface area contributed by atoms with Crippen molar-refractivity contribution in [1.29, 1.82) is 0 Å². The number of amides is 1. The third kappa shape index (κ3) is 3.03. The van der Waals surface area contributed by atoms with E-state index in [2.05, 4.69) is 21.5 Å². The summed E-state index contributed by atoms with van der Waals surface area (Å²) in [5.74, 6) is -1.15. The molecule has 0 saturated heterocycles. The van der Waals surface area contributed by atoms with Crippen LogP contribution in [0, 0.1) is 0 Å². The molecule has 0 aliphatic carbocycles. The molecule has 26 heavy (non-hydrogen) atoms. The van der Waals surface area contributed by atoms with E-state index in [1.165, 1.54) is 5.56 Å². The van der Waals surface area contributed by atoms with Crippen molar-refractivity contribution in [3.8, 4) is 0 Å². The van der Waals surface area contributed by atoms with Crippen LogP contribution < -0.4 is 0 Å². The van der Waals surface area contributed by atoms with Gasteiger partial charge in [-0.3, -0.25) is 9.59 Å². The van der Waals surface area contributed by atoms with E-state index in [0.717, 1.165) is 41.6 Å². The first-order valence-electron chi connectivity index (χ1n) is 8.47. The molecule has 0 saturated carbocycles. The van der Waals surface area contributed by atoms with Crippen LogP contribution in [0.5, 0.6) is 0 Å². The molecule has 0 fully saturated rings. The summed E-state index contributed by atoms with van der Waals surface area (Å²) in [5, 5.41) is 20.1. The summed E-state index contributed by atoms with van der Waals surface area (Å²) in [5.41, 5.74) is 5.57. The number of rotatable bonds is 5. The van der Waals surface area contributed by atoms with E-state index in [1.54, 1.807) is 4.90 Å². The molecular formula is C19H18N4O3. The standard InChI is InChI=1S/C19H18N4O3/c24-11-23-6-5-12-1-2-13(7-15(12)10-23)16(9-19(25)26)14-3-4-17-18(8-14)21-22-20-17/h1-4,7-8,11,16H,5-6,9-10H2,(H,25,26)(H,20,21,22). The number of carboxylic acids is 1. The first-order chi connectivity index (χ1) is 12.6. The number of carbonyl (C=O) groups excluding carboxylic acids is 1. The molecule has 132 valence electrons. The molecule has 7 heteroatoms. The number of benzene rings is 2. The van der Waals surface area contributed by atoms with Gasteiger partial charge in [0.2, 0.25) is 6.41 Å². The van der Waals surface area contributed by atoms with Gasteiger partial charge in [-0.25, -0.2) is 0 Å². The van der Waals surface area contributed by atoms with E-state index < -0.39 is 5.97 Å². The average molecular weight is 350 g/mol. The zero-order valence-corrected chi connectivity index (χ0v) is 14.1. The number of hydrogen-bond acceptors (Lipinski definition) is 4. The highest BCUT2D eigenvalue weighted by Gasteiger charge is 2.22. The summed E-state index contributed by atoms with van der Waals surface area (Å²) < 4.78 is 0.